The van der Waals surface area contributed by atoms with Crippen molar-refractivity contribution >= 4 is 27.4 Å². The van der Waals surface area contributed by atoms with Gasteiger partial charge in [-0.1, -0.05) is 25.4 Å². The molecule has 21 heavy (non-hydrogen) atoms. The quantitative estimate of drug-likeness (QED) is 0.852. The largest absolute Gasteiger partial charge is 0.300 e. The average Bonchev–Trinajstić information content (AvgIpc) is 2.46. The molecule has 0 radical (unpaired) electrons. The first-order valence-electron chi connectivity index (χ1n) is 7.21. The number of carbonyl (C=O) groups is 1. The van der Waals surface area contributed by atoms with Crippen LogP contribution in [-0.2, 0) is 14.8 Å². The minimum atomic E-state index is -3.60. The number of halogens is 1. The number of Topliss-reactive ketones (excluding diaryl/α,β-unsaturated/α-hetero) is 1. The number of piperidine rings is 1. The van der Waals surface area contributed by atoms with E-state index in [1.54, 1.807) is 12.1 Å². The highest BCUT2D eigenvalue weighted by atomic mass is 35.5. The van der Waals surface area contributed by atoms with Crippen molar-refractivity contribution in [3.63, 3.8) is 0 Å². The van der Waals surface area contributed by atoms with Gasteiger partial charge in [-0.2, -0.15) is 4.31 Å². The molecule has 0 aromatic heterocycles. The summed E-state index contributed by atoms with van der Waals surface area (Å²) in [7, 11) is -3.60. The van der Waals surface area contributed by atoms with Gasteiger partial charge in [0.2, 0.25) is 10.0 Å². The van der Waals surface area contributed by atoms with E-state index in [4.69, 9.17) is 11.6 Å². The number of ketones is 1. The van der Waals surface area contributed by atoms with Gasteiger partial charge in [-0.05, 0) is 37.1 Å². The lowest BCUT2D eigenvalue weighted by atomic mass is 9.94. The van der Waals surface area contributed by atoms with Crippen LogP contribution < -0.4 is 0 Å². The number of sulfonamides is 1. The highest BCUT2D eigenvalue weighted by Gasteiger charge is 2.40. The van der Waals surface area contributed by atoms with E-state index in [1.807, 2.05) is 13.8 Å². The molecule has 2 unspecified atom stereocenters. The zero-order valence-corrected chi connectivity index (χ0v) is 13.8. The SMILES string of the molecule is CCC1CC(=O)CC(CC)N1S(=O)(=O)c1ccc(Cl)cc1. The lowest BCUT2D eigenvalue weighted by molar-refractivity contribution is -0.123. The van der Waals surface area contributed by atoms with Crippen molar-refractivity contribution in [2.24, 2.45) is 0 Å². The van der Waals surface area contributed by atoms with E-state index < -0.39 is 10.0 Å². The van der Waals surface area contributed by atoms with Gasteiger partial charge in [-0.3, -0.25) is 4.79 Å². The summed E-state index contributed by atoms with van der Waals surface area (Å²) < 4.78 is 27.4. The number of nitrogens with zero attached hydrogens (tertiary/aromatic N) is 1. The zero-order valence-electron chi connectivity index (χ0n) is 12.3. The second-order valence-corrected chi connectivity index (χ2v) is 7.64. The number of hydrogen-bond acceptors (Lipinski definition) is 3. The van der Waals surface area contributed by atoms with E-state index >= 15 is 0 Å². The molecular formula is C15H20ClNO3S. The van der Waals surface area contributed by atoms with Crippen molar-refractivity contribution in [2.75, 3.05) is 0 Å². The van der Waals surface area contributed by atoms with Crippen molar-refractivity contribution in [3.8, 4) is 0 Å². The Balaban J connectivity index is 2.43. The Bertz CT molecular complexity index is 596. The van der Waals surface area contributed by atoms with Gasteiger partial charge in [0.15, 0.2) is 0 Å². The van der Waals surface area contributed by atoms with Gasteiger partial charge >= 0.3 is 0 Å². The molecule has 1 saturated heterocycles. The van der Waals surface area contributed by atoms with E-state index in [-0.39, 0.29) is 22.8 Å². The molecule has 1 fully saturated rings. The molecule has 0 aliphatic carbocycles. The molecule has 6 heteroatoms. The van der Waals surface area contributed by atoms with Gasteiger partial charge in [0.25, 0.3) is 0 Å². The van der Waals surface area contributed by atoms with Crippen LogP contribution in [0, 0.1) is 0 Å². The Morgan fingerprint density at radius 1 is 1.10 bits per heavy atom. The molecule has 0 N–H and O–H groups in total. The van der Waals surface area contributed by atoms with Crippen molar-refractivity contribution in [3.05, 3.63) is 29.3 Å². The predicted octanol–water partition coefficient (Wildman–Crippen LogP) is 3.25. The molecule has 1 aromatic carbocycles. The molecule has 1 aliphatic heterocycles. The Kier molecular flexibility index (Phi) is 5.07. The molecule has 4 nitrogen and oxygen atoms in total. The molecule has 1 aromatic rings. The van der Waals surface area contributed by atoms with E-state index in [0.29, 0.717) is 30.7 Å². The van der Waals surface area contributed by atoms with Gasteiger partial charge in [0.05, 0.1) is 4.90 Å². The normalized spacial score (nSPS) is 24.2. The molecule has 0 spiro atoms. The fraction of sp³-hybridized carbons (Fsp3) is 0.533. The van der Waals surface area contributed by atoms with Crippen LogP contribution in [0.4, 0.5) is 0 Å². The van der Waals surface area contributed by atoms with E-state index in [1.165, 1.54) is 16.4 Å². The number of hydrogen-bond donors (Lipinski definition) is 0. The summed E-state index contributed by atoms with van der Waals surface area (Å²) in [6.07, 6.45) is 1.88. The van der Waals surface area contributed by atoms with Crippen LogP contribution in [0.5, 0.6) is 0 Å². The molecular weight excluding hydrogens is 310 g/mol. The third-order valence-corrected chi connectivity index (χ3v) is 6.25. The summed E-state index contributed by atoms with van der Waals surface area (Å²) in [5, 5.41) is 0.502. The summed E-state index contributed by atoms with van der Waals surface area (Å²) in [4.78, 5) is 12.1. The standard InChI is InChI=1S/C15H20ClNO3S/c1-3-12-9-14(18)10-13(4-2)17(12)21(19,20)15-7-5-11(16)6-8-15/h5-8,12-13H,3-4,9-10H2,1-2H3. The number of carbonyl (C=O) groups excluding carboxylic acids is 1. The van der Waals surface area contributed by atoms with Crippen LogP contribution in [0.3, 0.4) is 0 Å². The van der Waals surface area contributed by atoms with E-state index in [0.717, 1.165) is 0 Å². The molecule has 0 bridgehead atoms. The first-order chi connectivity index (χ1) is 9.90. The molecule has 0 amide bonds. The van der Waals surface area contributed by atoms with Crippen LogP contribution in [0.25, 0.3) is 0 Å². The Morgan fingerprint density at radius 3 is 2.00 bits per heavy atom. The van der Waals surface area contributed by atoms with Crippen LogP contribution in [-0.4, -0.2) is 30.6 Å². The highest BCUT2D eigenvalue weighted by Crippen LogP contribution is 2.31. The minimum absolute atomic E-state index is 0.149. The molecule has 116 valence electrons. The predicted molar refractivity (Wildman–Crippen MR) is 82.9 cm³/mol. The van der Waals surface area contributed by atoms with Crippen molar-refractivity contribution < 1.29 is 13.2 Å². The van der Waals surface area contributed by atoms with Crippen LogP contribution >= 0.6 is 11.6 Å². The second-order valence-electron chi connectivity index (χ2n) is 5.36. The Labute approximate surface area is 131 Å². The smallest absolute Gasteiger partial charge is 0.243 e. The van der Waals surface area contributed by atoms with Gasteiger partial charge in [-0.25, -0.2) is 8.42 Å². The average molecular weight is 330 g/mol. The van der Waals surface area contributed by atoms with Gasteiger partial charge < -0.3 is 0 Å². The van der Waals surface area contributed by atoms with Crippen molar-refractivity contribution in [2.45, 2.75) is 56.5 Å². The topological polar surface area (TPSA) is 54.5 Å². The maximum absolute atomic E-state index is 12.9. The summed E-state index contributed by atoms with van der Waals surface area (Å²) in [5.74, 6) is 0.149. The van der Waals surface area contributed by atoms with E-state index in [2.05, 4.69) is 0 Å². The maximum Gasteiger partial charge on any atom is 0.243 e. The van der Waals surface area contributed by atoms with Crippen molar-refractivity contribution in [1.82, 2.24) is 4.31 Å². The summed E-state index contributed by atoms with van der Waals surface area (Å²) >= 11 is 5.83. The van der Waals surface area contributed by atoms with Gasteiger partial charge in [0, 0.05) is 29.9 Å². The minimum Gasteiger partial charge on any atom is -0.300 e. The monoisotopic (exact) mass is 329 g/mol. The lowest BCUT2D eigenvalue weighted by Crippen LogP contribution is -2.51. The first kappa shape index (κ1) is 16.5. The molecule has 2 rings (SSSR count). The fourth-order valence-corrected chi connectivity index (χ4v) is 4.94. The number of benzene rings is 1. The van der Waals surface area contributed by atoms with Crippen LogP contribution in [0.1, 0.15) is 39.5 Å². The third kappa shape index (κ3) is 3.30. The molecule has 1 heterocycles. The maximum atomic E-state index is 12.9. The highest BCUT2D eigenvalue weighted by molar-refractivity contribution is 7.89. The third-order valence-electron chi connectivity index (χ3n) is 3.98. The van der Waals surface area contributed by atoms with E-state index in [9.17, 15) is 13.2 Å². The first-order valence-corrected chi connectivity index (χ1v) is 9.02. The summed E-state index contributed by atoms with van der Waals surface area (Å²) in [6, 6.07) is 5.69. The molecule has 2 atom stereocenters. The van der Waals surface area contributed by atoms with Crippen LogP contribution in [0.15, 0.2) is 29.2 Å². The molecule has 0 saturated carbocycles. The van der Waals surface area contributed by atoms with Gasteiger partial charge in [0.1, 0.15) is 5.78 Å². The second kappa shape index (κ2) is 6.46. The van der Waals surface area contributed by atoms with Crippen LogP contribution in [0.2, 0.25) is 5.02 Å². The van der Waals surface area contributed by atoms with Crippen molar-refractivity contribution in [1.29, 1.82) is 0 Å². The Hall–Kier alpha value is -0.910. The number of rotatable bonds is 4. The van der Waals surface area contributed by atoms with Gasteiger partial charge in [-0.15, -0.1) is 0 Å². The lowest BCUT2D eigenvalue weighted by Gasteiger charge is -2.39. The summed E-state index contributed by atoms with van der Waals surface area (Å²) in [5.41, 5.74) is 0. The molecule has 1 aliphatic rings. The Morgan fingerprint density at radius 2 is 1.57 bits per heavy atom. The fourth-order valence-electron chi connectivity index (χ4n) is 2.86. The zero-order chi connectivity index (χ0) is 15.6. The summed E-state index contributed by atoms with van der Waals surface area (Å²) in [6.45, 7) is 3.83.